The SMILES string of the molecule is CC.CON(C)C(=O)C1CN(C)CCO1. The Kier molecular flexibility index (Phi) is 7.29. The number of morpholine rings is 1. The molecule has 90 valence electrons. The van der Waals surface area contributed by atoms with Crippen LogP contribution in [0.25, 0.3) is 0 Å². The highest BCUT2D eigenvalue weighted by Gasteiger charge is 2.27. The second-order valence-electron chi connectivity index (χ2n) is 3.14. The predicted molar refractivity (Wildman–Crippen MR) is 58.4 cm³/mol. The van der Waals surface area contributed by atoms with Crippen molar-refractivity contribution in [2.75, 3.05) is 40.9 Å². The maximum atomic E-state index is 11.5. The summed E-state index contributed by atoms with van der Waals surface area (Å²) in [6.07, 6.45) is -0.385. The Bertz CT molecular complexity index is 188. The molecule has 0 bridgehead atoms. The van der Waals surface area contributed by atoms with E-state index in [0.29, 0.717) is 13.2 Å². The van der Waals surface area contributed by atoms with Crippen molar-refractivity contribution in [2.24, 2.45) is 0 Å². The van der Waals surface area contributed by atoms with Crippen molar-refractivity contribution in [3.8, 4) is 0 Å². The minimum Gasteiger partial charge on any atom is -0.366 e. The van der Waals surface area contributed by atoms with Crippen LogP contribution in [-0.2, 0) is 14.4 Å². The minimum absolute atomic E-state index is 0.131. The molecule has 5 heteroatoms. The molecule has 0 spiro atoms. The van der Waals surface area contributed by atoms with Crippen molar-refractivity contribution in [3.05, 3.63) is 0 Å². The molecule has 1 aliphatic heterocycles. The van der Waals surface area contributed by atoms with Gasteiger partial charge in [-0.3, -0.25) is 9.63 Å². The van der Waals surface area contributed by atoms with Crippen LogP contribution in [0.2, 0.25) is 0 Å². The van der Waals surface area contributed by atoms with Gasteiger partial charge < -0.3 is 9.64 Å². The Morgan fingerprint density at radius 3 is 2.60 bits per heavy atom. The van der Waals surface area contributed by atoms with Crippen LogP contribution in [0.5, 0.6) is 0 Å². The van der Waals surface area contributed by atoms with E-state index in [1.54, 1.807) is 7.05 Å². The second kappa shape index (κ2) is 7.62. The van der Waals surface area contributed by atoms with Gasteiger partial charge in [0.2, 0.25) is 0 Å². The first kappa shape index (κ1) is 14.3. The number of rotatable bonds is 2. The van der Waals surface area contributed by atoms with Gasteiger partial charge in [-0.1, -0.05) is 13.8 Å². The molecule has 1 heterocycles. The van der Waals surface area contributed by atoms with Gasteiger partial charge in [-0.15, -0.1) is 0 Å². The second-order valence-corrected chi connectivity index (χ2v) is 3.14. The van der Waals surface area contributed by atoms with Crippen LogP contribution in [0.3, 0.4) is 0 Å². The number of carbonyl (C=O) groups is 1. The van der Waals surface area contributed by atoms with Crippen molar-refractivity contribution in [1.82, 2.24) is 9.96 Å². The van der Waals surface area contributed by atoms with Gasteiger partial charge in [-0.2, -0.15) is 0 Å². The lowest BCUT2D eigenvalue weighted by Crippen LogP contribution is -2.48. The Morgan fingerprint density at radius 1 is 1.53 bits per heavy atom. The van der Waals surface area contributed by atoms with E-state index in [9.17, 15) is 4.79 Å². The third-order valence-corrected chi connectivity index (χ3v) is 2.13. The summed E-state index contributed by atoms with van der Waals surface area (Å²) in [6.45, 7) is 6.11. The topological polar surface area (TPSA) is 42.0 Å². The zero-order valence-corrected chi connectivity index (χ0v) is 10.3. The van der Waals surface area contributed by atoms with Crippen LogP contribution < -0.4 is 0 Å². The van der Waals surface area contributed by atoms with Crippen LogP contribution in [0.4, 0.5) is 0 Å². The molecule has 1 atom stereocenters. The summed E-state index contributed by atoms with van der Waals surface area (Å²) in [7, 11) is 5.01. The number of amides is 1. The molecule has 1 unspecified atom stereocenters. The van der Waals surface area contributed by atoms with Crippen LogP contribution >= 0.6 is 0 Å². The van der Waals surface area contributed by atoms with Gasteiger partial charge in [0.25, 0.3) is 5.91 Å². The normalized spacial score (nSPS) is 21.5. The molecule has 0 aromatic heterocycles. The van der Waals surface area contributed by atoms with Crippen LogP contribution in [0, 0.1) is 0 Å². The summed E-state index contributed by atoms with van der Waals surface area (Å²) in [4.78, 5) is 18.4. The maximum Gasteiger partial charge on any atom is 0.276 e. The zero-order chi connectivity index (χ0) is 11.8. The lowest BCUT2D eigenvalue weighted by molar-refractivity contribution is -0.184. The highest BCUT2D eigenvalue weighted by molar-refractivity contribution is 5.80. The van der Waals surface area contributed by atoms with Gasteiger partial charge in [0.1, 0.15) is 0 Å². The molecule has 1 amide bonds. The van der Waals surface area contributed by atoms with Gasteiger partial charge >= 0.3 is 0 Å². The van der Waals surface area contributed by atoms with Gasteiger partial charge in [-0.05, 0) is 7.05 Å². The molecule has 15 heavy (non-hydrogen) atoms. The molecule has 0 aromatic rings. The fraction of sp³-hybridized carbons (Fsp3) is 0.900. The van der Waals surface area contributed by atoms with E-state index in [1.807, 2.05) is 20.9 Å². The lowest BCUT2D eigenvalue weighted by atomic mass is 10.2. The number of hydrogen-bond donors (Lipinski definition) is 0. The fourth-order valence-electron chi connectivity index (χ4n) is 1.22. The summed E-state index contributed by atoms with van der Waals surface area (Å²) < 4.78 is 5.32. The quantitative estimate of drug-likeness (QED) is 0.628. The van der Waals surface area contributed by atoms with Gasteiger partial charge in [0, 0.05) is 20.1 Å². The molecule has 0 saturated carbocycles. The van der Waals surface area contributed by atoms with Gasteiger partial charge in [0.05, 0.1) is 13.7 Å². The molecule has 1 fully saturated rings. The largest absolute Gasteiger partial charge is 0.366 e. The number of carbonyl (C=O) groups excluding carboxylic acids is 1. The van der Waals surface area contributed by atoms with Gasteiger partial charge in [-0.25, -0.2) is 5.06 Å². The van der Waals surface area contributed by atoms with E-state index in [4.69, 9.17) is 9.57 Å². The average molecular weight is 218 g/mol. The average Bonchev–Trinajstić information content (AvgIpc) is 2.29. The summed E-state index contributed by atoms with van der Waals surface area (Å²) in [6, 6.07) is 0. The molecule has 0 N–H and O–H groups in total. The van der Waals surface area contributed by atoms with E-state index in [0.717, 1.165) is 6.54 Å². The first-order valence-electron chi connectivity index (χ1n) is 5.27. The van der Waals surface area contributed by atoms with E-state index in [-0.39, 0.29) is 12.0 Å². The molecular weight excluding hydrogens is 196 g/mol. The smallest absolute Gasteiger partial charge is 0.276 e. The Balaban J connectivity index is 0.000000921. The molecule has 1 rings (SSSR count). The number of hydroxylamine groups is 2. The standard InChI is InChI=1S/C8H16N2O3.C2H6/c1-9-4-5-13-7(6-9)8(11)10(2)12-3;1-2/h7H,4-6H2,1-3H3;1-2H3. The number of hydrogen-bond acceptors (Lipinski definition) is 4. The minimum atomic E-state index is -0.385. The first-order chi connectivity index (χ1) is 7.15. The summed E-state index contributed by atoms with van der Waals surface area (Å²) in [5, 5.41) is 1.20. The Morgan fingerprint density at radius 2 is 2.13 bits per heavy atom. The number of likely N-dealkylation sites (N-methyl/N-ethyl adjacent to an activating group) is 2. The maximum absolute atomic E-state index is 11.5. The zero-order valence-electron chi connectivity index (χ0n) is 10.3. The monoisotopic (exact) mass is 218 g/mol. The van der Waals surface area contributed by atoms with Crippen LogP contribution in [0.1, 0.15) is 13.8 Å². The fourth-order valence-corrected chi connectivity index (χ4v) is 1.22. The summed E-state index contributed by atoms with van der Waals surface area (Å²) in [5.41, 5.74) is 0. The Hall–Kier alpha value is -0.650. The van der Waals surface area contributed by atoms with Crippen molar-refractivity contribution in [3.63, 3.8) is 0 Å². The lowest BCUT2D eigenvalue weighted by Gasteiger charge is -2.30. The van der Waals surface area contributed by atoms with Crippen LogP contribution in [0.15, 0.2) is 0 Å². The predicted octanol–water partition coefficient (Wildman–Crippen LogP) is 0.363. The third kappa shape index (κ3) is 4.59. The first-order valence-corrected chi connectivity index (χ1v) is 5.27. The molecule has 0 aliphatic carbocycles. The van der Waals surface area contributed by atoms with Crippen molar-refractivity contribution in [2.45, 2.75) is 20.0 Å². The molecule has 0 aromatic carbocycles. The van der Waals surface area contributed by atoms with E-state index >= 15 is 0 Å². The highest BCUT2D eigenvalue weighted by atomic mass is 16.7. The van der Waals surface area contributed by atoms with Crippen molar-refractivity contribution >= 4 is 5.91 Å². The highest BCUT2D eigenvalue weighted by Crippen LogP contribution is 2.05. The van der Waals surface area contributed by atoms with E-state index in [2.05, 4.69) is 4.90 Å². The van der Waals surface area contributed by atoms with Crippen molar-refractivity contribution < 1.29 is 14.4 Å². The molecule has 1 aliphatic rings. The number of ether oxygens (including phenoxy) is 1. The molecule has 0 radical (unpaired) electrons. The number of nitrogens with zero attached hydrogens (tertiary/aromatic N) is 2. The third-order valence-electron chi connectivity index (χ3n) is 2.13. The summed E-state index contributed by atoms with van der Waals surface area (Å²) >= 11 is 0. The summed E-state index contributed by atoms with van der Waals surface area (Å²) in [5.74, 6) is -0.131. The molecular formula is C10H22N2O3. The van der Waals surface area contributed by atoms with Crippen LogP contribution in [-0.4, -0.2) is 62.9 Å². The van der Waals surface area contributed by atoms with Gasteiger partial charge in [0.15, 0.2) is 6.10 Å². The van der Waals surface area contributed by atoms with Crippen molar-refractivity contribution in [1.29, 1.82) is 0 Å². The molecule has 5 nitrogen and oxygen atoms in total. The molecule has 1 saturated heterocycles. The van der Waals surface area contributed by atoms with E-state index in [1.165, 1.54) is 12.2 Å². The Labute approximate surface area is 91.9 Å². The van der Waals surface area contributed by atoms with E-state index < -0.39 is 0 Å².